The maximum atomic E-state index is 12.4. The number of ether oxygens (including phenoxy) is 2. The van der Waals surface area contributed by atoms with Gasteiger partial charge in [-0.25, -0.2) is 0 Å². The maximum Gasteiger partial charge on any atom is 0.251 e. The zero-order valence-corrected chi connectivity index (χ0v) is 16.8. The molecule has 0 spiro atoms. The van der Waals surface area contributed by atoms with Crippen LogP contribution in [0.1, 0.15) is 27.8 Å². The summed E-state index contributed by atoms with van der Waals surface area (Å²) in [6.07, 6.45) is 0.562. The molecule has 3 rings (SSSR count). The second-order valence-corrected chi connectivity index (χ2v) is 6.94. The Morgan fingerprint density at radius 1 is 1.18 bits per heavy atom. The first-order chi connectivity index (χ1) is 13.6. The molecule has 0 bridgehead atoms. The Morgan fingerprint density at radius 2 is 1.96 bits per heavy atom. The van der Waals surface area contributed by atoms with E-state index in [4.69, 9.17) is 13.9 Å². The first kappa shape index (κ1) is 20.0. The molecule has 6 nitrogen and oxygen atoms in total. The third kappa shape index (κ3) is 5.15. The van der Waals surface area contributed by atoms with E-state index in [0.29, 0.717) is 29.4 Å². The first-order valence-electron chi connectivity index (χ1n) is 8.62. The van der Waals surface area contributed by atoms with E-state index in [0.717, 1.165) is 10.0 Å². The lowest BCUT2D eigenvalue weighted by Gasteiger charge is -2.13. The number of benzene rings is 2. The summed E-state index contributed by atoms with van der Waals surface area (Å²) >= 11 is 3.40. The van der Waals surface area contributed by atoms with Crippen LogP contribution in [0.3, 0.4) is 0 Å². The van der Waals surface area contributed by atoms with E-state index >= 15 is 0 Å². The van der Waals surface area contributed by atoms with E-state index in [1.54, 1.807) is 30.3 Å². The molecule has 3 aromatic rings. The summed E-state index contributed by atoms with van der Waals surface area (Å²) in [6.45, 7) is 0.418. The lowest BCUT2D eigenvalue weighted by Crippen LogP contribution is -2.28. The van der Waals surface area contributed by atoms with Gasteiger partial charge in [-0.3, -0.25) is 4.79 Å². The molecule has 0 radical (unpaired) electrons. The first-order valence-corrected chi connectivity index (χ1v) is 9.41. The third-order valence-electron chi connectivity index (χ3n) is 4.06. The van der Waals surface area contributed by atoms with Gasteiger partial charge < -0.3 is 24.3 Å². The zero-order valence-electron chi connectivity index (χ0n) is 15.2. The van der Waals surface area contributed by atoms with Gasteiger partial charge in [-0.1, -0.05) is 28.1 Å². The standard InChI is InChI=1S/C21H20BrNO5/c1-26-20-11-15(21(25)23-12-17(24)18-3-2-10-27-18)6-9-19(20)28-13-14-4-7-16(22)8-5-14/h2-11,17,24H,12-13H2,1H3,(H,23,25). The summed E-state index contributed by atoms with van der Waals surface area (Å²) in [5, 5.41) is 12.7. The van der Waals surface area contributed by atoms with Crippen LogP contribution in [-0.2, 0) is 6.61 Å². The molecule has 7 heteroatoms. The predicted molar refractivity (Wildman–Crippen MR) is 107 cm³/mol. The second kappa shape index (κ2) is 9.43. The molecule has 1 atom stereocenters. The fourth-order valence-electron chi connectivity index (χ4n) is 2.54. The van der Waals surface area contributed by atoms with E-state index in [-0.39, 0.29) is 12.5 Å². The van der Waals surface area contributed by atoms with Crippen molar-refractivity contribution in [1.82, 2.24) is 5.32 Å². The molecule has 0 saturated carbocycles. The highest BCUT2D eigenvalue weighted by molar-refractivity contribution is 9.10. The van der Waals surface area contributed by atoms with Crippen molar-refractivity contribution in [1.29, 1.82) is 0 Å². The molecule has 0 aliphatic carbocycles. The van der Waals surface area contributed by atoms with Crippen molar-refractivity contribution in [2.45, 2.75) is 12.7 Å². The van der Waals surface area contributed by atoms with Crippen molar-refractivity contribution in [3.8, 4) is 11.5 Å². The van der Waals surface area contributed by atoms with E-state index in [1.807, 2.05) is 24.3 Å². The van der Waals surface area contributed by atoms with E-state index < -0.39 is 6.10 Å². The Morgan fingerprint density at radius 3 is 2.64 bits per heavy atom. The number of hydrogen-bond acceptors (Lipinski definition) is 5. The van der Waals surface area contributed by atoms with Gasteiger partial charge in [0.1, 0.15) is 18.5 Å². The number of rotatable bonds is 8. The number of methoxy groups -OCH3 is 1. The molecule has 1 unspecified atom stereocenters. The molecule has 1 heterocycles. The third-order valence-corrected chi connectivity index (χ3v) is 4.59. The number of halogens is 1. The monoisotopic (exact) mass is 445 g/mol. The number of furan rings is 1. The normalized spacial score (nSPS) is 11.7. The van der Waals surface area contributed by atoms with Crippen LogP contribution >= 0.6 is 15.9 Å². The summed E-state index contributed by atoms with van der Waals surface area (Å²) < 4.78 is 17.3. The number of carbonyl (C=O) groups excluding carboxylic acids is 1. The van der Waals surface area contributed by atoms with Crippen LogP contribution in [0.25, 0.3) is 0 Å². The van der Waals surface area contributed by atoms with Crippen LogP contribution < -0.4 is 14.8 Å². The van der Waals surface area contributed by atoms with Crippen molar-refractivity contribution in [2.24, 2.45) is 0 Å². The summed E-state index contributed by atoms with van der Waals surface area (Å²) in [4.78, 5) is 12.4. The van der Waals surface area contributed by atoms with Crippen LogP contribution in [0.2, 0.25) is 0 Å². The molecule has 146 valence electrons. The van der Waals surface area contributed by atoms with Crippen molar-refractivity contribution in [3.63, 3.8) is 0 Å². The molecule has 1 amide bonds. The van der Waals surface area contributed by atoms with Crippen LogP contribution in [0, 0.1) is 0 Å². The van der Waals surface area contributed by atoms with E-state index in [9.17, 15) is 9.90 Å². The summed E-state index contributed by atoms with van der Waals surface area (Å²) in [5.74, 6) is 1.06. The predicted octanol–water partition coefficient (Wildman–Crippen LogP) is 4.09. The van der Waals surface area contributed by atoms with Crippen molar-refractivity contribution >= 4 is 21.8 Å². The van der Waals surface area contributed by atoms with Gasteiger partial charge in [-0.15, -0.1) is 0 Å². The smallest absolute Gasteiger partial charge is 0.251 e. The molecule has 28 heavy (non-hydrogen) atoms. The molecule has 2 N–H and O–H groups in total. The molecular weight excluding hydrogens is 426 g/mol. The van der Waals surface area contributed by atoms with Crippen LogP contribution in [0.5, 0.6) is 11.5 Å². The summed E-state index contributed by atoms with van der Waals surface area (Å²) in [5.41, 5.74) is 1.42. The fourth-order valence-corrected chi connectivity index (χ4v) is 2.81. The molecule has 2 aromatic carbocycles. The fraction of sp³-hybridized carbons (Fsp3) is 0.190. The molecular formula is C21H20BrNO5. The minimum absolute atomic E-state index is 0.0382. The van der Waals surface area contributed by atoms with E-state index in [1.165, 1.54) is 13.4 Å². The summed E-state index contributed by atoms with van der Waals surface area (Å²) in [7, 11) is 1.52. The molecule has 0 aliphatic rings. The Labute approximate surface area is 171 Å². The van der Waals surface area contributed by atoms with Gasteiger partial charge in [-0.05, 0) is 48.0 Å². The number of nitrogens with one attached hydrogen (secondary N) is 1. The Kier molecular flexibility index (Phi) is 6.73. The highest BCUT2D eigenvalue weighted by atomic mass is 79.9. The second-order valence-electron chi connectivity index (χ2n) is 6.02. The molecule has 1 aromatic heterocycles. The number of carbonyl (C=O) groups is 1. The van der Waals surface area contributed by atoms with Gasteiger partial charge in [0.2, 0.25) is 0 Å². The minimum Gasteiger partial charge on any atom is -0.493 e. The Bertz CT molecular complexity index is 909. The lowest BCUT2D eigenvalue weighted by molar-refractivity contribution is 0.0900. The number of amides is 1. The quantitative estimate of drug-likeness (QED) is 0.545. The average molecular weight is 446 g/mol. The van der Waals surface area contributed by atoms with Gasteiger partial charge in [0.15, 0.2) is 11.5 Å². The number of hydrogen-bond donors (Lipinski definition) is 2. The lowest BCUT2D eigenvalue weighted by atomic mass is 10.1. The minimum atomic E-state index is -0.908. The molecule has 0 aliphatic heterocycles. The van der Waals surface area contributed by atoms with Gasteiger partial charge in [0, 0.05) is 10.0 Å². The van der Waals surface area contributed by atoms with Crippen LogP contribution in [0.4, 0.5) is 0 Å². The Hall–Kier alpha value is -2.77. The zero-order chi connectivity index (χ0) is 19.9. The van der Waals surface area contributed by atoms with Crippen molar-refractivity contribution < 1.29 is 23.8 Å². The maximum absolute atomic E-state index is 12.4. The van der Waals surface area contributed by atoms with Crippen molar-refractivity contribution in [3.05, 3.63) is 82.2 Å². The van der Waals surface area contributed by atoms with Crippen LogP contribution in [0.15, 0.2) is 69.8 Å². The average Bonchev–Trinajstić information content (AvgIpc) is 3.26. The van der Waals surface area contributed by atoms with Crippen LogP contribution in [-0.4, -0.2) is 24.7 Å². The van der Waals surface area contributed by atoms with Gasteiger partial charge in [0.05, 0.1) is 19.9 Å². The van der Waals surface area contributed by atoms with Gasteiger partial charge in [0.25, 0.3) is 5.91 Å². The van der Waals surface area contributed by atoms with Gasteiger partial charge >= 0.3 is 0 Å². The highest BCUT2D eigenvalue weighted by Crippen LogP contribution is 2.29. The summed E-state index contributed by atoms with van der Waals surface area (Å²) in [6, 6.07) is 16.1. The van der Waals surface area contributed by atoms with E-state index in [2.05, 4.69) is 21.2 Å². The van der Waals surface area contributed by atoms with Gasteiger partial charge in [-0.2, -0.15) is 0 Å². The topological polar surface area (TPSA) is 80.9 Å². The molecule has 0 saturated heterocycles. The number of aliphatic hydroxyl groups is 1. The SMILES string of the molecule is COc1cc(C(=O)NCC(O)c2ccco2)ccc1OCc1ccc(Br)cc1. The van der Waals surface area contributed by atoms with Crippen molar-refractivity contribution in [2.75, 3.05) is 13.7 Å². The number of aliphatic hydroxyl groups excluding tert-OH is 1. The largest absolute Gasteiger partial charge is 0.493 e. The highest BCUT2D eigenvalue weighted by Gasteiger charge is 2.15. The Balaban J connectivity index is 1.61. The molecule has 0 fully saturated rings.